The number of hydrazone groups is 1. The van der Waals surface area contributed by atoms with Crippen molar-refractivity contribution in [1.29, 1.82) is 0 Å². The second-order valence-corrected chi connectivity index (χ2v) is 6.68. The van der Waals surface area contributed by atoms with E-state index in [-0.39, 0.29) is 18.6 Å². The number of rotatable bonds is 7. The molecule has 7 heteroatoms. The van der Waals surface area contributed by atoms with Crippen molar-refractivity contribution in [3.8, 4) is 11.5 Å². The zero-order valence-corrected chi connectivity index (χ0v) is 16.3. The van der Waals surface area contributed by atoms with E-state index in [0.717, 1.165) is 10.9 Å². The van der Waals surface area contributed by atoms with Crippen LogP contribution in [0, 0.1) is 0 Å². The summed E-state index contributed by atoms with van der Waals surface area (Å²) in [6, 6.07) is 14.6. The van der Waals surface area contributed by atoms with Gasteiger partial charge in [-0.3, -0.25) is 9.78 Å². The summed E-state index contributed by atoms with van der Waals surface area (Å²) in [6.45, 7) is 3.68. The van der Waals surface area contributed by atoms with E-state index >= 15 is 0 Å². The number of carbonyl (C=O) groups is 1. The maximum atomic E-state index is 12.0. The first-order valence-electron chi connectivity index (χ1n) is 8.77. The molecule has 0 aliphatic rings. The number of amides is 1. The Labute approximate surface area is 168 Å². The third kappa shape index (κ3) is 5.20. The molecule has 1 amide bonds. The molecule has 1 N–H and O–H groups in total. The largest absolute Gasteiger partial charge is 0.489 e. The maximum absolute atomic E-state index is 12.0. The molecule has 2 aromatic carbocycles. The van der Waals surface area contributed by atoms with Crippen molar-refractivity contribution in [1.82, 2.24) is 10.4 Å². The van der Waals surface area contributed by atoms with Crippen LogP contribution in [0.2, 0.25) is 5.02 Å². The molecule has 1 aromatic heterocycles. The molecule has 28 heavy (non-hydrogen) atoms. The Bertz CT molecular complexity index is 1000. The second kappa shape index (κ2) is 9.19. The molecule has 0 spiro atoms. The Balaban J connectivity index is 1.55. The number of ether oxygens (including phenoxy) is 2. The summed E-state index contributed by atoms with van der Waals surface area (Å²) in [7, 11) is 0. The lowest BCUT2D eigenvalue weighted by Crippen LogP contribution is -2.24. The van der Waals surface area contributed by atoms with Crippen LogP contribution in [0.5, 0.6) is 11.5 Å². The van der Waals surface area contributed by atoms with E-state index in [0.29, 0.717) is 22.0 Å². The lowest BCUT2D eigenvalue weighted by Gasteiger charge is -2.11. The SMILES string of the molecule is CC(C)Oc1ccc(/C=N/NC(=O)COc2cccc3cccnc23)cc1Cl. The van der Waals surface area contributed by atoms with Crippen LogP contribution in [0.25, 0.3) is 10.9 Å². The van der Waals surface area contributed by atoms with Gasteiger partial charge in [0.1, 0.15) is 17.0 Å². The fourth-order valence-corrected chi connectivity index (χ4v) is 2.73. The minimum atomic E-state index is -0.380. The Kier molecular flexibility index (Phi) is 6.45. The van der Waals surface area contributed by atoms with E-state index in [1.807, 2.05) is 38.1 Å². The number of para-hydroxylation sites is 1. The minimum Gasteiger partial charge on any atom is -0.489 e. The molecule has 0 saturated carbocycles. The predicted molar refractivity (Wildman–Crippen MR) is 110 cm³/mol. The molecular weight excluding hydrogens is 378 g/mol. The summed E-state index contributed by atoms with van der Waals surface area (Å²) in [4.78, 5) is 16.3. The summed E-state index contributed by atoms with van der Waals surface area (Å²) in [5, 5.41) is 5.36. The molecule has 0 fully saturated rings. The number of carbonyl (C=O) groups excluding carboxylic acids is 1. The summed E-state index contributed by atoms with van der Waals surface area (Å²) < 4.78 is 11.1. The van der Waals surface area contributed by atoms with Gasteiger partial charge in [-0.1, -0.05) is 29.8 Å². The number of fused-ring (bicyclic) bond motifs is 1. The molecule has 0 atom stereocenters. The van der Waals surface area contributed by atoms with Crippen molar-refractivity contribution < 1.29 is 14.3 Å². The Morgan fingerprint density at radius 1 is 1.21 bits per heavy atom. The summed E-state index contributed by atoms with van der Waals surface area (Å²) >= 11 is 6.18. The number of benzene rings is 2. The Morgan fingerprint density at radius 3 is 2.82 bits per heavy atom. The zero-order valence-electron chi connectivity index (χ0n) is 15.6. The first-order chi connectivity index (χ1) is 13.5. The molecule has 0 radical (unpaired) electrons. The van der Waals surface area contributed by atoms with E-state index < -0.39 is 0 Å². The molecular formula is C21H20ClN3O3. The fourth-order valence-electron chi connectivity index (χ4n) is 2.49. The maximum Gasteiger partial charge on any atom is 0.277 e. The minimum absolute atomic E-state index is 0.0354. The van der Waals surface area contributed by atoms with Crippen LogP contribution in [0.4, 0.5) is 0 Å². The molecule has 0 aliphatic carbocycles. The van der Waals surface area contributed by atoms with Gasteiger partial charge in [0.2, 0.25) is 0 Å². The van der Waals surface area contributed by atoms with Crippen LogP contribution in [0.1, 0.15) is 19.4 Å². The second-order valence-electron chi connectivity index (χ2n) is 6.27. The molecule has 144 valence electrons. The normalized spacial score (nSPS) is 11.1. The molecule has 3 rings (SSSR count). The van der Waals surface area contributed by atoms with Crippen molar-refractivity contribution in [3.05, 3.63) is 65.3 Å². The summed E-state index contributed by atoms with van der Waals surface area (Å²) in [5.41, 5.74) is 3.87. The highest BCUT2D eigenvalue weighted by molar-refractivity contribution is 6.32. The van der Waals surface area contributed by atoms with Gasteiger partial charge in [0, 0.05) is 11.6 Å². The van der Waals surface area contributed by atoms with E-state index in [9.17, 15) is 4.79 Å². The zero-order chi connectivity index (χ0) is 19.9. The topological polar surface area (TPSA) is 72.8 Å². The quantitative estimate of drug-likeness (QED) is 0.479. The van der Waals surface area contributed by atoms with Crippen LogP contribution in [0.3, 0.4) is 0 Å². The number of aromatic nitrogens is 1. The van der Waals surface area contributed by atoms with Crippen molar-refractivity contribution >= 4 is 34.6 Å². The van der Waals surface area contributed by atoms with Crippen LogP contribution >= 0.6 is 11.6 Å². The molecule has 3 aromatic rings. The number of hydrogen-bond acceptors (Lipinski definition) is 5. The molecule has 0 saturated heterocycles. The average molecular weight is 398 g/mol. The van der Waals surface area contributed by atoms with Gasteiger partial charge in [-0.05, 0) is 49.7 Å². The van der Waals surface area contributed by atoms with Gasteiger partial charge in [0.15, 0.2) is 6.61 Å². The lowest BCUT2D eigenvalue weighted by atomic mass is 10.2. The van der Waals surface area contributed by atoms with Gasteiger partial charge in [-0.15, -0.1) is 0 Å². The number of nitrogens with one attached hydrogen (secondary N) is 1. The lowest BCUT2D eigenvalue weighted by molar-refractivity contribution is -0.123. The first-order valence-corrected chi connectivity index (χ1v) is 9.15. The van der Waals surface area contributed by atoms with Crippen LogP contribution in [-0.2, 0) is 4.79 Å². The molecule has 0 aliphatic heterocycles. The van der Waals surface area contributed by atoms with Crippen LogP contribution < -0.4 is 14.9 Å². The monoisotopic (exact) mass is 397 g/mol. The highest BCUT2D eigenvalue weighted by Crippen LogP contribution is 2.26. The van der Waals surface area contributed by atoms with Crippen molar-refractivity contribution in [2.45, 2.75) is 20.0 Å². The first kappa shape index (κ1) is 19.6. The third-order valence-corrected chi connectivity index (χ3v) is 3.97. The summed E-state index contributed by atoms with van der Waals surface area (Å²) in [5.74, 6) is 0.773. The van der Waals surface area contributed by atoms with Gasteiger partial charge >= 0.3 is 0 Å². The fraction of sp³-hybridized carbons (Fsp3) is 0.190. The third-order valence-electron chi connectivity index (χ3n) is 3.68. The van der Waals surface area contributed by atoms with Gasteiger partial charge in [-0.25, -0.2) is 5.43 Å². The molecule has 6 nitrogen and oxygen atoms in total. The van der Waals surface area contributed by atoms with Crippen LogP contribution in [0.15, 0.2) is 59.8 Å². The van der Waals surface area contributed by atoms with E-state index in [4.69, 9.17) is 21.1 Å². The van der Waals surface area contributed by atoms with Crippen molar-refractivity contribution in [3.63, 3.8) is 0 Å². The van der Waals surface area contributed by atoms with Crippen molar-refractivity contribution in [2.24, 2.45) is 5.10 Å². The molecule has 0 unspecified atom stereocenters. The molecule has 0 bridgehead atoms. The van der Waals surface area contributed by atoms with Gasteiger partial charge in [0.05, 0.1) is 17.3 Å². The Hall–Kier alpha value is -3.12. The highest BCUT2D eigenvalue weighted by atomic mass is 35.5. The van der Waals surface area contributed by atoms with E-state index in [1.165, 1.54) is 6.21 Å². The number of pyridine rings is 1. The smallest absolute Gasteiger partial charge is 0.277 e. The van der Waals surface area contributed by atoms with Gasteiger partial charge in [0.25, 0.3) is 5.91 Å². The number of hydrogen-bond donors (Lipinski definition) is 1. The Morgan fingerprint density at radius 2 is 2.04 bits per heavy atom. The number of nitrogens with zero attached hydrogens (tertiary/aromatic N) is 2. The number of halogens is 1. The standard InChI is InChI=1S/C21H20ClN3O3/c1-14(2)28-18-9-8-15(11-17(18)22)12-24-25-20(26)13-27-19-7-3-5-16-6-4-10-23-21(16)19/h3-12,14H,13H2,1-2H3,(H,25,26)/b24-12+. The van der Waals surface area contributed by atoms with Crippen molar-refractivity contribution in [2.75, 3.05) is 6.61 Å². The predicted octanol–water partition coefficient (Wildman–Crippen LogP) is 4.20. The summed E-state index contributed by atoms with van der Waals surface area (Å²) in [6.07, 6.45) is 3.22. The van der Waals surface area contributed by atoms with E-state index in [1.54, 1.807) is 30.5 Å². The van der Waals surface area contributed by atoms with Gasteiger partial charge in [-0.2, -0.15) is 5.10 Å². The van der Waals surface area contributed by atoms with Gasteiger partial charge < -0.3 is 9.47 Å². The van der Waals surface area contributed by atoms with Crippen LogP contribution in [-0.4, -0.2) is 29.8 Å². The molecule has 1 heterocycles. The van der Waals surface area contributed by atoms with E-state index in [2.05, 4.69) is 15.5 Å². The highest BCUT2D eigenvalue weighted by Gasteiger charge is 2.07. The average Bonchev–Trinajstić information content (AvgIpc) is 2.68.